The van der Waals surface area contributed by atoms with Gasteiger partial charge in [0.25, 0.3) is 0 Å². The molecule has 2 fully saturated rings. The van der Waals surface area contributed by atoms with Crippen LogP contribution in [0.5, 0.6) is 0 Å². The predicted octanol–water partition coefficient (Wildman–Crippen LogP) is 8.46. The van der Waals surface area contributed by atoms with Gasteiger partial charge in [-0.1, -0.05) is 86.1 Å². The first-order chi connectivity index (χ1) is 19.1. The molecule has 0 spiro atoms. The smallest absolute Gasteiger partial charge is 0.191 e. The maximum Gasteiger partial charge on any atom is 0.191 e. The second kappa shape index (κ2) is 14.2. The van der Waals surface area contributed by atoms with Crippen LogP contribution in [0.15, 0.2) is 47.4 Å². The number of ether oxygens (including phenoxy) is 2. The molecule has 0 N–H and O–H groups in total. The van der Waals surface area contributed by atoms with E-state index in [1.165, 1.54) is 0 Å². The third-order valence-electron chi connectivity index (χ3n) is 10.1. The molecule has 2 unspecified atom stereocenters. The maximum atomic E-state index is 13.6. The number of sulfone groups is 1. The van der Waals surface area contributed by atoms with Crippen LogP contribution in [-0.4, -0.2) is 53.5 Å². The zero-order valence-electron chi connectivity index (χ0n) is 27.3. The number of benzene rings is 1. The Bertz CT molecular complexity index is 1080. The molecule has 1 aromatic carbocycles. The largest absolute Gasteiger partial charge is 0.417 e. The summed E-state index contributed by atoms with van der Waals surface area (Å²) >= 11 is 0. The monoisotopic (exact) mass is 606 g/mol. The lowest BCUT2D eigenvalue weighted by atomic mass is 9.81. The minimum atomic E-state index is -3.46. The molecule has 41 heavy (non-hydrogen) atoms. The van der Waals surface area contributed by atoms with Crippen molar-refractivity contribution in [2.45, 2.75) is 134 Å². The third kappa shape index (κ3) is 9.01. The van der Waals surface area contributed by atoms with Crippen molar-refractivity contribution in [2.75, 3.05) is 12.4 Å². The fourth-order valence-electron chi connectivity index (χ4n) is 6.11. The number of rotatable bonds is 13. The van der Waals surface area contributed by atoms with Crippen LogP contribution in [0.1, 0.15) is 87.0 Å². The van der Waals surface area contributed by atoms with Crippen molar-refractivity contribution in [3.05, 3.63) is 42.5 Å². The van der Waals surface area contributed by atoms with Gasteiger partial charge < -0.3 is 13.9 Å². The lowest BCUT2D eigenvalue weighted by molar-refractivity contribution is -0.0704. The van der Waals surface area contributed by atoms with Gasteiger partial charge in [0, 0.05) is 18.9 Å². The Balaban J connectivity index is 1.78. The molecular weight excluding hydrogens is 549 g/mol. The van der Waals surface area contributed by atoms with Crippen molar-refractivity contribution in [1.82, 2.24) is 0 Å². The normalized spacial score (nSPS) is 30.5. The second-order valence-corrected chi connectivity index (χ2v) is 21.4. The van der Waals surface area contributed by atoms with E-state index in [2.05, 4.69) is 68.1 Å². The van der Waals surface area contributed by atoms with E-state index in [1.54, 1.807) is 24.3 Å². The minimum Gasteiger partial charge on any atom is -0.417 e. The van der Waals surface area contributed by atoms with Crippen LogP contribution in [0.4, 0.5) is 0 Å². The molecule has 7 heteroatoms. The van der Waals surface area contributed by atoms with E-state index in [4.69, 9.17) is 13.9 Å². The number of hydrogen-bond acceptors (Lipinski definition) is 5. The van der Waals surface area contributed by atoms with Crippen molar-refractivity contribution in [1.29, 1.82) is 0 Å². The summed E-state index contributed by atoms with van der Waals surface area (Å²) in [6.07, 6.45) is 5.83. The van der Waals surface area contributed by atoms with E-state index in [0.717, 1.165) is 37.7 Å². The molecule has 2 aliphatic rings. The van der Waals surface area contributed by atoms with Gasteiger partial charge in [-0.3, -0.25) is 0 Å². The highest BCUT2D eigenvalue weighted by atomic mass is 32.2. The molecule has 0 amide bonds. The van der Waals surface area contributed by atoms with Crippen molar-refractivity contribution >= 4 is 18.2 Å². The van der Waals surface area contributed by atoms with Gasteiger partial charge in [-0.2, -0.15) is 0 Å². The molecule has 234 valence electrons. The zero-order chi connectivity index (χ0) is 30.6. The Morgan fingerprint density at radius 3 is 2.37 bits per heavy atom. The molecule has 0 saturated carbocycles. The standard InChI is InChI=1S/C34H58O5SSi/c1-11-12-16-28-20-25(3)26(4)32(38-28)21-33-30(23-40(35,36)29-17-14-13-15-18-29)27(5)31(39-33)19-24(2)22-37-41(9,10)34(6,7)8/h13-15,17-18,24-25,27-28,30-33H,4,11-12,16,19-23H2,1-3,5-10H3/t24-,25+,27+,28-,30?,31+,32?,33-/m0/s1. The first kappa shape index (κ1) is 34.5. The molecule has 0 aliphatic carbocycles. The Labute approximate surface area is 252 Å². The van der Waals surface area contributed by atoms with Crippen molar-refractivity contribution < 1.29 is 22.3 Å². The van der Waals surface area contributed by atoms with Crippen LogP contribution in [0.2, 0.25) is 18.1 Å². The second-order valence-electron chi connectivity index (χ2n) is 14.6. The van der Waals surface area contributed by atoms with Crippen LogP contribution >= 0.6 is 0 Å². The molecule has 2 heterocycles. The van der Waals surface area contributed by atoms with Gasteiger partial charge in [0.2, 0.25) is 0 Å². The topological polar surface area (TPSA) is 61.8 Å². The summed E-state index contributed by atoms with van der Waals surface area (Å²) in [6, 6.07) is 8.85. The van der Waals surface area contributed by atoms with Crippen LogP contribution in [0.3, 0.4) is 0 Å². The molecule has 8 atom stereocenters. The number of unbranched alkanes of at least 4 members (excludes halogenated alkanes) is 1. The lowest BCUT2D eigenvalue weighted by Gasteiger charge is -2.38. The molecule has 2 saturated heterocycles. The van der Waals surface area contributed by atoms with Crippen molar-refractivity contribution in [2.24, 2.45) is 23.7 Å². The van der Waals surface area contributed by atoms with Gasteiger partial charge in [0.15, 0.2) is 18.2 Å². The molecule has 5 nitrogen and oxygen atoms in total. The summed E-state index contributed by atoms with van der Waals surface area (Å²) in [5.74, 6) is 0.799. The third-order valence-corrected chi connectivity index (χ3v) is 16.4. The molecule has 3 rings (SSSR count). The highest BCUT2D eigenvalue weighted by molar-refractivity contribution is 7.91. The van der Waals surface area contributed by atoms with Crippen LogP contribution in [0.25, 0.3) is 0 Å². The zero-order valence-corrected chi connectivity index (χ0v) is 29.1. The van der Waals surface area contributed by atoms with Crippen LogP contribution < -0.4 is 0 Å². The van der Waals surface area contributed by atoms with Crippen LogP contribution in [-0.2, 0) is 23.7 Å². The van der Waals surface area contributed by atoms with Gasteiger partial charge in [-0.15, -0.1) is 0 Å². The first-order valence-corrected chi connectivity index (χ1v) is 20.5. The van der Waals surface area contributed by atoms with E-state index in [9.17, 15) is 8.42 Å². The summed E-state index contributed by atoms with van der Waals surface area (Å²) in [5, 5.41) is 0.167. The van der Waals surface area contributed by atoms with E-state index in [-0.39, 0.29) is 47.0 Å². The number of hydrogen-bond donors (Lipinski definition) is 0. The van der Waals surface area contributed by atoms with Crippen LogP contribution in [0, 0.1) is 23.7 Å². The van der Waals surface area contributed by atoms with Gasteiger partial charge >= 0.3 is 0 Å². The van der Waals surface area contributed by atoms with Gasteiger partial charge in [0.05, 0.1) is 35.1 Å². The van der Waals surface area contributed by atoms with E-state index in [0.29, 0.717) is 29.8 Å². The van der Waals surface area contributed by atoms with Crippen molar-refractivity contribution in [3.63, 3.8) is 0 Å². The fraction of sp³-hybridized carbons (Fsp3) is 0.765. The first-order valence-electron chi connectivity index (χ1n) is 16.0. The average Bonchev–Trinajstić information content (AvgIpc) is 3.17. The van der Waals surface area contributed by atoms with E-state index in [1.807, 2.05) is 6.07 Å². The van der Waals surface area contributed by atoms with E-state index >= 15 is 0 Å². The van der Waals surface area contributed by atoms with Gasteiger partial charge in [0.1, 0.15) is 0 Å². The molecular formula is C34H58O5SSi. The maximum absolute atomic E-state index is 13.6. The lowest BCUT2D eigenvalue weighted by Crippen LogP contribution is -2.42. The quantitative estimate of drug-likeness (QED) is 0.167. The predicted molar refractivity (Wildman–Crippen MR) is 172 cm³/mol. The summed E-state index contributed by atoms with van der Waals surface area (Å²) in [7, 11) is -5.30. The average molecular weight is 607 g/mol. The molecule has 2 aliphatic heterocycles. The van der Waals surface area contributed by atoms with E-state index < -0.39 is 18.2 Å². The Morgan fingerprint density at radius 1 is 1.10 bits per heavy atom. The van der Waals surface area contributed by atoms with Gasteiger partial charge in [-0.05, 0) is 72.9 Å². The highest BCUT2D eigenvalue weighted by Crippen LogP contribution is 2.43. The molecule has 0 radical (unpaired) electrons. The molecule has 0 aromatic heterocycles. The summed E-state index contributed by atoms with van der Waals surface area (Å²) in [6.45, 7) is 25.4. The SMILES string of the molecule is C=C1C(C[C@@H]2O[C@H](C[C@H](C)CO[Si](C)(C)C(C)(C)C)[C@H](C)C2CS(=O)(=O)c2ccccc2)O[C@@H](CCCC)C[C@H]1C. The minimum absolute atomic E-state index is 0.0147. The molecule has 1 aromatic rings. The molecule has 0 bridgehead atoms. The Morgan fingerprint density at radius 2 is 1.76 bits per heavy atom. The summed E-state index contributed by atoms with van der Waals surface area (Å²) < 4.78 is 47.1. The van der Waals surface area contributed by atoms with Crippen molar-refractivity contribution in [3.8, 4) is 0 Å². The highest BCUT2D eigenvalue weighted by Gasteiger charge is 2.46. The summed E-state index contributed by atoms with van der Waals surface area (Å²) in [4.78, 5) is 0.386. The van der Waals surface area contributed by atoms with Gasteiger partial charge in [-0.25, -0.2) is 8.42 Å². The summed E-state index contributed by atoms with van der Waals surface area (Å²) in [5.41, 5.74) is 1.12. The fourth-order valence-corrected chi connectivity index (χ4v) is 9.03. The Kier molecular flexibility index (Phi) is 11.9. The Hall–Kier alpha value is -0.993.